The first kappa shape index (κ1) is 24.5. The molecule has 1 aliphatic carbocycles. The van der Waals surface area contributed by atoms with Gasteiger partial charge in [-0.25, -0.2) is 0 Å². The van der Waals surface area contributed by atoms with Crippen LogP contribution in [-0.4, -0.2) is 78.1 Å². The second-order valence-electron chi connectivity index (χ2n) is 9.48. The zero-order valence-corrected chi connectivity index (χ0v) is 20.3. The highest BCUT2D eigenvalue weighted by molar-refractivity contribution is 5.96. The van der Waals surface area contributed by atoms with Crippen molar-refractivity contribution in [2.24, 2.45) is 0 Å². The first-order valence-corrected chi connectivity index (χ1v) is 12.8. The van der Waals surface area contributed by atoms with Crippen molar-refractivity contribution in [3.05, 3.63) is 48.2 Å². The van der Waals surface area contributed by atoms with Gasteiger partial charge < -0.3 is 19.9 Å². The lowest BCUT2D eigenvalue weighted by molar-refractivity contribution is -0.126. The van der Waals surface area contributed by atoms with Gasteiger partial charge in [-0.3, -0.25) is 14.5 Å². The zero-order chi connectivity index (χ0) is 23.8. The maximum absolute atomic E-state index is 13.6. The van der Waals surface area contributed by atoms with E-state index in [1.54, 1.807) is 4.90 Å². The number of aromatic nitrogens is 1. The van der Waals surface area contributed by atoms with E-state index in [1.165, 1.54) is 6.42 Å². The lowest BCUT2D eigenvalue weighted by atomic mass is 9.95. The van der Waals surface area contributed by atoms with Crippen molar-refractivity contribution in [3.63, 3.8) is 0 Å². The molecule has 2 amide bonds. The van der Waals surface area contributed by atoms with Crippen LogP contribution in [0.25, 0.3) is 11.3 Å². The molecule has 1 aromatic carbocycles. The lowest BCUT2D eigenvalue weighted by Gasteiger charge is -2.32. The summed E-state index contributed by atoms with van der Waals surface area (Å²) in [5, 5.41) is 3.21. The van der Waals surface area contributed by atoms with Gasteiger partial charge in [-0.15, -0.1) is 0 Å². The number of aromatic amines is 1. The fourth-order valence-electron chi connectivity index (χ4n) is 4.93. The van der Waals surface area contributed by atoms with Gasteiger partial charge in [-0.1, -0.05) is 49.6 Å². The zero-order valence-electron chi connectivity index (χ0n) is 20.3. The number of carbonyl (C=O) groups excluding carboxylic acids is 2. The van der Waals surface area contributed by atoms with Crippen LogP contribution in [0.3, 0.4) is 0 Å². The molecule has 0 radical (unpaired) electrons. The Bertz CT molecular complexity index is 917. The van der Waals surface area contributed by atoms with Crippen LogP contribution in [-0.2, 0) is 9.53 Å². The van der Waals surface area contributed by atoms with Crippen molar-refractivity contribution in [2.45, 2.75) is 57.5 Å². The van der Waals surface area contributed by atoms with E-state index >= 15 is 0 Å². The molecule has 1 atom stereocenters. The molecule has 7 nitrogen and oxygen atoms in total. The topological polar surface area (TPSA) is 77.7 Å². The highest BCUT2D eigenvalue weighted by atomic mass is 16.5. The lowest BCUT2D eigenvalue weighted by Crippen LogP contribution is -2.51. The largest absolute Gasteiger partial charge is 0.379 e. The SMILES string of the molecule is CC(C(=O)NC1CCCCC1)N(CCCN1CCOCC1)C(=O)c1ccc(-c2ccccc2)[nH]1. The second kappa shape index (κ2) is 12.2. The number of carbonyl (C=O) groups is 2. The number of nitrogens with zero attached hydrogens (tertiary/aromatic N) is 2. The Morgan fingerprint density at radius 1 is 1.09 bits per heavy atom. The van der Waals surface area contributed by atoms with Gasteiger partial charge in [0.15, 0.2) is 0 Å². The number of rotatable bonds is 9. The summed E-state index contributed by atoms with van der Waals surface area (Å²) in [6.45, 7) is 6.64. The molecule has 4 rings (SSSR count). The van der Waals surface area contributed by atoms with E-state index < -0.39 is 6.04 Å². The summed E-state index contributed by atoms with van der Waals surface area (Å²) in [6, 6.07) is 13.4. The number of H-pyrrole nitrogens is 1. The summed E-state index contributed by atoms with van der Waals surface area (Å²) in [4.78, 5) is 34.1. The number of morpholine rings is 1. The maximum Gasteiger partial charge on any atom is 0.270 e. The van der Waals surface area contributed by atoms with E-state index in [-0.39, 0.29) is 17.9 Å². The highest BCUT2D eigenvalue weighted by Crippen LogP contribution is 2.21. The first-order chi connectivity index (χ1) is 16.6. The van der Waals surface area contributed by atoms with Gasteiger partial charge in [0.2, 0.25) is 5.91 Å². The number of benzene rings is 1. The highest BCUT2D eigenvalue weighted by Gasteiger charge is 2.29. The Morgan fingerprint density at radius 3 is 2.56 bits per heavy atom. The first-order valence-electron chi connectivity index (χ1n) is 12.8. The van der Waals surface area contributed by atoms with Crippen molar-refractivity contribution in [1.82, 2.24) is 20.1 Å². The van der Waals surface area contributed by atoms with E-state index in [2.05, 4.69) is 15.2 Å². The average molecular weight is 467 g/mol. The van der Waals surface area contributed by atoms with Crippen LogP contribution in [0.2, 0.25) is 0 Å². The van der Waals surface area contributed by atoms with Crippen LogP contribution in [0, 0.1) is 0 Å². The Labute approximate surface area is 202 Å². The van der Waals surface area contributed by atoms with E-state index in [9.17, 15) is 9.59 Å². The van der Waals surface area contributed by atoms with Crippen LogP contribution in [0.1, 0.15) is 55.9 Å². The van der Waals surface area contributed by atoms with Crippen molar-refractivity contribution in [3.8, 4) is 11.3 Å². The normalized spacial score (nSPS) is 18.4. The fraction of sp³-hybridized carbons (Fsp3) is 0.556. The maximum atomic E-state index is 13.6. The molecule has 0 spiro atoms. The number of hydrogen-bond acceptors (Lipinski definition) is 4. The summed E-state index contributed by atoms with van der Waals surface area (Å²) >= 11 is 0. The van der Waals surface area contributed by atoms with Crippen LogP contribution in [0.5, 0.6) is 0 Å². The molecule has 34 heavy (non-hydrogen) atoms. The summed E-state index contributed by atoms with van der Waals surface area (Å²) < 4.78 is 5.44. The number of ether oxygens (including phenoxy) is 1. The molecule has 1 saturated carbocycles. The fourth-order valence-corrected chi connectivity index (χ4v) is 4.93. The van der Waals surface area contributed by atoms with Crippen molar-refractivity contribution in [2.75, 3.05) is 39.4 Å². The van der Waals surface area contributed by atoms with Crippen LogP contribution >= 0.6 is 0 Å². The molecule has 2 aromatic rings. The van der Waals surface area contributed by atoms with E-state index in [4.69, 9.17) is 4.74 Å². The third-order valence-corrected chi connectivity index (χ3v) is 7.04. The molecule has 2 N–H and O–H groups in total. The van der Waals surface area contributed by atoms with Crippen LogP contribution in [0.15, 0.2) is 42.5 Å². The van der Waals surface area contributed by atoms with Crippen molar-refractivity contribution in [1.29, 1.82) is 0 Å². The molecule has 1 aromatic heterocycles. The molecular weight excluding hydrogens is 428 g/mol. The Morgan fingerprint density at radius 2 is 1.82 bits per heavy atom. The minimum Gasteiger partial charge on any atom is -0.379 e. The minimum atomic E-state index is -0.525. The standard InChI is InChI=1S/C27H38N4O3/c1-21(26(32)28-23-11-6-3-7-12-23)31(16-8-15-30-17-19-34-20-18-30)27(33)25-14-13-24(29-25)22-9-4-2-5-10-22/h2,4-5,9-10,13-14,21,23,29H,3,6-8,11-12,15-20H2,1H3,(H,28,32). The molecule has 0 bridgehead atoms. The Kier molecular flexibility index (Phi) is 8.77. The van der Waals surface area contributed by atoms with Gasteiger partial charge in [-0.2, -0.15) is 0 Å². The predicted molar refractivity (Wildman–Crippen MR) is 134 cm³/mol. The number of amides is 2. The van der Waals surface area contributed by atoms with E-state index in [0.29, 0.717) is 12.2 Å². The quantitative estimate of drug-likeness (QED) is 0.591. The van der Waals surface area contributed by atoms with Gasteiger partial charge >= 0.3 is 0 Å². The molecule has 1 aliphatic heterocycles. The van der Waals surface area contributed by atoms with Gasteiger partial charge in [0.1, 0.15) is 11.7 Å². The van der Waals surface area contributed by atoms with Crippen LogP contribution in [0.4, 0.5) is 0 Å². The molecule has 184 valence electrons. The second-order valence-corrected chi connectivity index (χ2v) is 9.48. The molecule has 1 unspecified atom stereocenters. The Hall–Kier alpha value is -2.64. The number of hydrogen-bond donors (Lipinski definition) is 2. The minimum absolute atomic E-state index is 0.0542. The molecule has 2 aliphatic rings. The number of nitrogens with one attached hydrogen (secondary N) is 2. The summed E-state index contributed by atoms with van der Waals surface area (Å²) in [7, 11) is 0. The average Bonchev–Trinajstić information content (AvgIpc) is 3.38. The molecular formula is C27H38N4O3. The third-order valence-electron chi connectivity index (χ3n) is 7.04. The van der Waals surface area contributed by atoms with E-state index in [1.807, 2.05) is 49.4 Å². The smallest absolute Gasteiger partial charge is 0.270 e. The molecule has 7 heteroatoms. The summed E-state index contributed by atoms with van der Waals surface area (Å²) in [5.41, 5.74) is 2.45. The molecule has 1 saturated heterocycles. The van der Waals surface area contributed by atoms with Crippen molar-refractivity contribution < 1.29 is 14.3 Å². The summed E-state index contributed by atoms with van der Waals surface area (Å²) in [6.07, 6.45) is 6.43. The molecule has 2 heterocycles. The van der Waals surface area contributed by atoms with Gasteiger partial charge in [-0.05, 0) is 43.9 Å². The van der Waals surface area contributed by atoms with Gasteiger partial charge in [0.25, 0.3) is 5.91 Å². The third kappa shape index (κ3) is 6.48. The van der Waals surface area contributed by atoms with Gasteiger partial charge in [0, 0.05) is 37.9 Å². The predicted octanol–water partition coefficient (Wildman–Crippen LogP) is 3.68. The van der Waals surface area contributed by atoms with Crippen molar-refractivity contribution >= 4 is 11.8 Å². The van der Waals surface area contributed by atoms with Crippen LogP contribution < -0.4 is 5.32 Å². The molecule has 2 fully saturated rings. The Balaban J connectivity index is 1.44. The summed E-state index contributed by atoms with van der Waals surface area (Å²) in [5.74, 6) is -0.183. The van der Waals surface area contributed by atoms with E-state index in [0.717, 1.165) is 76.2 Å². The van der Waals surface area contributed by atoms with Gasteiger partial charge in [0.05, 0.1) is 13.2 Å². The monoisotopic (exact) mass is 466 g/mol.